The van der Waals surface area contributed by atoms with Gasteiger partial charge in [-0.15, -0.1) is 10.2 Å². The van der Waals surface area contributed by atoms with Gasteiger partial charge in [0.15, 0.2) is 0 Å². The third kappa shape index (κ3) is 4.45. The van der Waals surface area contributed by atoms with E-state index in [0.29, 0.717) is 24.2 Å². The third-order valence-electron chi connectivity index (χ3n) is 4.24. The molecule has 26 heavy (non-hydrogen) atoms. The molecule has 2 aromatic rings. The smallest absolute Gasteiger partial charge is 0.277 e. The molecule has 0 aliphatic carbocycles. The van der Waals surface area contributed by atoms with E-state index in [9.17, 15) is 9.59 Å². The largest absolute Gasteiger partial charge is 0.411 e. The molecule has 1 aromatic heterocycles. The standard InChI is InChI=1S/C17H19BrN4O3S/c1-10(16(24)22-7-3-5-12(9-22)14(19)23)26-17-21-20-15(25-17)11-4-2-6-13(18)8-11/h2,4,6,8,10,12H,3,5,7,9H2,1H3,(H2,19,23). The van der Waals surface area contributed by atoms with Gasteiger partial charge < -0.3 is 15.1 Å². The number of piperidine rings is 1. The molecular formula is C17H19BrN4O3S. The van der Waals surface area contributed by atoms with Crippen molar-refractivity contribution < 1.29 is 14.0 Å². The molecule has 7 nitrogen and oxygen atoms in total. The van der Waals surface area contributed by atoms with Gasteiger partial charge in [-0.05, 0) is 38.0 Å². The molecule has 2 heterocycles. The van der Waals surface area contributed by atoms with Crippen LogP contribution in [0.4, 0.5) is 0 Å². The van der Waals surface area contributed by atoms with Gasteiger partial charge in [-0.1, -0.05) is 33.8 Å². The maximum Gasteiger partial charge on any atom is 0.277 e. The Morgan fingerprint density at radius 3 is 2.96 bits per heavy atom. The van der Waals surface area contributed by atoms with E-state index in [1.807, 2.05) is 24.3 Å². The number of rotatable bonds is 5. The number of nitrogens with zero attached hydrogens (tertiary/aromatic N) is 3. The van der Waals surface area contributed by atoms with Crippen molar-refractivity contribution in [1.29, 1.82) is 0 Å². The molecule has 1 fully saturated rings. The summed E-state index contributed by atoms with van der Waals surface area (Å²) in [4.78, 5) is 25.7. The van der Waals surface area contributed by atoms with Gasteiger partial charge in [0.25, 0.3) is 5.22 Å². The van der Waals surface area contributed by atoms with Crippen LogP contribution in [0.1, 0.15) is 19.8 Å². The van der Waals surface area contributed by atoms with E-state index in [0.717, 1.165) is 22.9 Å². The van der Waals surface area contributed by atoms with Crippen molar-refractivity contribution in [2.75, 3.05) is 13.1 Å². The summed E-state index contributed by atoms with van der Waals surface area (Å²) >= 11 is 4.62. The number of nitrogens with two attached hydrogens (primary N) is 1. The summed E-state index contributed by atoms with van der Waals surface area (Å²) in [5.74, 6) is -0.266. The van der Waals surface area contributed by atoms with Gasteiger partial charge in [0, 0.05) is 23.1 Å². The quantitative estimate of drug-likeness (QED) is 0.719. The lowest BCUT2D eigenvalue weighted by molar-refractivity contribution is -0.134. The minimum Gasteiger partial charge on any atom is -0.411 e. The Morgan fingerprint density at radius 1 is 1.42 bits per heavy atom. The van der Waals surface area contributed by atoms with Gasteiger partial charge in [0.05, 0.1) is 11.2 Å². The first-order valence-corrected chi connectivity index (χ1v) is 9.95. The van der Waals surface area contributed by atoms with Crippen LogP contribution in [0.2, 0.25) is 0 Å². The van der Waals surface area contributed by atoms with E-state index in [2.05, 4.69) is 26.1 Å². The summed E-state index contributed by atoms with van der Waals surface area (Å²) in [6, 6.07) is 7.55. The number of amides is 2. The highest BCUT2D eigenvalue weighted by atomic mass is 79.9. The summed E-state index contributed by atoms with van der Waals surface area (Å²) < 4.78 is 6.58. The van der Waals surface area contributed by atoms with Crippen LogP contribution < -0.4 is 5.73 Å². The zero-order valence-corrected chi connectivity index (χ0v) is 16.6. The Hall–Kier alpha value is -1.87. The van der Waals surface area contributed by atoms with Gasteiger partial charge in [0.1, 0.15) is 0 Å². The SMILES string of the molecule is CC(Sc1nnc(-c2cccc(Br)c2)o1)C(=O)N1CCCC(C(N)=O)C1. The van der Waals surface area contributed by atoms with E-state index in [1.54, 1.807) is 11.8 Å². The number of carbonyl (C=O) groups is 2. The molecular weight excluding hydrogens is 420 g/mol. The lowest BCUT2D eigenvalue weighted by atomic mass is 9.97. The molecule has 3 rings (SSSR count). The van der Waals surface area contributed by atoms with Crippen LogP contribution in [0.25, 0.3) is 11.5 Å². The summed E-state index contributed by atoms with van der Waals surface area (Å²) in [7, 11) is 0. The Balaban J connectivity index is 1.63. The second kappa shape index (κ2) is 8.22. The fraction of sp³-hybridized carbons (Fsp3) is 0.412. The summed E-state index contributed by atoms with van der Waals surface area (Å²) in [5, 5.41) is 8.01. The lowest BCUT2D eigenvalue weighted by Crippen LogP contribution is -2.46. The molecule has 1 aromatic carbocycles. The predicted octanol–water partition coefficient (Wildman–Crippen LogP) is 2.70. The Kier molecular flexibility index (Phi) is 5.98. The Bertz CT molecular complexity index is 813. The van der Waals surface area contributed by atoms with Gasteiger partial charge in [-0.25, -0.2) is 0 Å². The normalized spacial score (nSPS) is 18.5. The van der Waals surface area contributed by atoms with Crippen molar-refractivity contribution in [2.24, 2.45) is 11.7 Å². The first-order valence-electron chi connectivity index (χ1n) is 8.28. The number of halogens is 1. The molecule has 1 saturated heterocycles. The first-order chi connectivity index (χ1) is 12.4. The van der Waals surface area contributed by atoms with Crippen LogP contribution >= 0.6 is 27.7 Å². The second-order valence-corrected chi connectivity index (χ2v) is 8.38. The highest BCUT2D eigenvalue weighted by molar-refractivity contribution is 9.10. The van der Waals surface area contributed by atoms with Crippen molar-refractivity contribution in [1.82, 2.24) is 15.1 Å². The number of likely N-dealkylation sites (tertiary alicyclic amines) is 1. The van der Waals surface area contributed by atoms with Gasteiger partial charge >= 0.3 is 0 Å². The molecule has 1 aliphatic heterocycles. The van der Waals surface area contributed by atoms with E-state index in [1.165, 1.54) is 11.8 Å². The number of thioether (sulfide) groups is 1. The Labute approximate surface area is 163 Å². The minimum atomic E-state index is -0.391. The van der Waals surface area contributed by atoms with Crippen molar-refractivity contribution >= 4 is 39.5 Å². The van der Waals surface area contributed by atoms with Gasteiger partial charge in [-0.2, -0.15) is 0 Å². The number of aromatic nitrogens is 2. The third-order valence-corrected chi connectivity index (χ3v) is 5.65. The van der Waals surface area contributed by atoms with E-state index < -0.39 is 5.25 Å². The second-order valence-electron chi connectivity index (χ2n) is 6.17. The summed E-state index contributed by atoms with van der Waals surface area (Å²) in [5.41, 5.74) is 6.18. The number of hydrogen-bond acceptors (Lipinski definition) is 6. The van der Waals surface area contributed by atoms with Crippen molar-refractivity contribution in [3.63, 3.8) is 0 Å². The van der Waals surface area contributed by atoms with Crippen molar-refractivity contribution in [3.8, 4) is 11.5 Å². The molecule has 9 heteroatoms. The maximum atomic E-state index is 12.6. The summed E-state index contributed by atoms with van der Waals surface area (Å²) in [6.07, 6.45) is 1.52. The summed E-state index contributed by atoms with van der Waals surface area (Å²) in [6.45, 7) is 2.82. The number of primary amides is 1. The van der Waals surface area contributed by atoms with E-state index in [4.69, 9.17) is 10.2 Å². The molecule has 2 N–H and O–H groups in total. The number of carbonyl (C=O) groups excluding carboxylic acids is 2. The highest BCUT2D eigenvalue weighted by Gasteiger charge is 2.30. The zero-order valence-electron chi connectivity index (χ0n) is 14.2. The fourth-order valence-corrected chi connectivity index (χ4v) is 4.03. The monoisotopic (exact) mass is 438 g/mol. The average Bonchev–Trinajstić information content (AvgIpc) is 3.09. The molecule has 0 saturated carbocycles. The highest BCUT2D eigenvalue weighted by Crippen LogP contribution is 2.29. The van der Waals surface area contributed by atoms with Crippen LogP contribution in [-0.4, -0.2) is 45.3 Å². The lowest BCUT2D eigenvalue weighted by Gasteiger charge is -2.32. The molecule has 0 bridgehead atoms. The van der Waals surface area contributed by atoms with E-state index >= 15 is 0 Å². The van der Waals surface area contributed by atoms with Crippen molar-refractivity contribution in [2.45, 2.75) is 30.2 Å². The van der Waals surface area contributed by atoms with Crippen molar-refractivity contribution in [3.05, 3.63) is 28.7 Å². The van der Waals surface area contributed by atoms with Crippen LogP contribution in [0, 0.1) is 5.92 Å². The van der Waals surface area contributed by atoms with Crippen LogP contribution in [0.3, 0.4) is 0 Å². The van der Waals surface area contributed by atoms with Crippen LogP contribution in [0.5, 0.6) is 0 Å². The molecule has 0 radical (unpaired) electrons. The molecule has 138 valence electrons. The van der Waals surface area contributed by atoms with Gasteiger partial charge in [0.2, 0.25) is 17.7 Å². The topological polar surface area (TPSA) is 102 Å². The maximum absolute atomic E-state index is 12.6. The molecule has 1 aliphatic rings. The predicted molar refractivity (Wildman–Crippen MR) is 101 cm³/mol. The minimum absolute atomic E-state index is 0.0526. The molecule has 2 amide bonds. The molecule has 0 spiro atoms. The number of benzene rings is 1. The first kappa shape index (κ1) is 18.9. The van der Waals surface area contributed by atoms with Gasteiger partial charge in [-0.3, -0.25) is 9.59 Å². The van der Waals surface area contributed by atoms with Crippen LogP contribution in [-0.2, 0) is 9.59 Å². The zero-order chi connectivity index (χ0) is 18.7. The van der Waals surface area contributed by atoms with E-state index in [-0.39, 0.29) is 17.7 Å². The van der Waals surface area contributed by atoms with Crippen LogP contribution in [0.15, 0.2) is 38.4 Å². The Morgan fingerprint density at radius 2 is 2.23 bits per heavy atom. The average molecular weight is 439 g/mol. The molecule has 2 atom stereocenters. The number of hydrogen-bond donors (Lipinski definition) is 1. The molecule has 2 unspecified atom stereocenters. The fourth-order valence-electron chi connectivity index (χ4n) is 2.86.